The third-order valence-corrected chi connectivity index (χ3v) is 8.02. The Morgan fingerprint density at radius 3 is 2.36 bits per heavy atom. The van der Waals surface area contributed by atoms with E-state index in [1.807, 2.05) is 29.2 Å². The van der Waals surface area contributed by atoms with Gasteiger partial charge in [-0.3, -0.25) is 24.1 Å². The van der Waals surface area contributed by atoms with Crippen molar-refractivity contribution in [1.29, 1.82) is 0 Å². The van der Waals surface area contributed by atoms with Crippen molar-refractivity contribution >= 4 is 23.3 Å². The number of carbonyl (C=O) groups excluding carboxylic acids is 4. The number of amides is 1. The Bertz CT molecular complexity index is 1030. The molecule has 1 aromatic rings. The van der Waals surface area contributed by atoms with Crippen molar-refractivity contribution < 1.29 is 33.4 Å². The van der Waals surface area contributed by atoms with Crippen LogP contribution in [0, 0.1) is 17.8 Å². The average molecular weight is 543 g/mol. The monoisotopic (exact) mass is 542 g/mol. The first-order chi connectivity index (χ1) is 18.7. The first-order valence-corrected chi connectivity index (χ1v) is 14.1. The third-order valence-electron chi connectivity index (χ3n) is 8.02. The van der Waals surface area contributed by atoms with E-state index in [0.29, 0.717) is 64.0 Å². The summed E-state index contributed by atoms with van der Waals surface area (Å²) in [5.41, 5.74) is 0.0808. The number of hydrogen-bond donors (Lipinski definition) is 1. The van der Waals surface area contributed by atoms with Crippen LogP contribution in [0.4, 0.5) is 0 Å². The van der Waals surface area contributed by atoms with Gasteiger partial charge < -0.3 is 19.5 Å². The fourth-order valence-electron chi connectivity index (χ4n) is 5.17. The van der Waals surface area contributed by atoms with Crippen molar-refractivity contribution in [2.45, 2.75) is 64.0 Å². The Hall–Kier alpha value is -2.62. The number of rotatable bonds is 16. The van der Waals surface area contributed by atoms with Gasteiger partial charge in [-0.1, -0.05) is 31.9 Å². The predicted molar refractivity (Wildman–Crippen MR) is 144 cm³/mol. The fraction of sp³-hybridized carbons (Fsp3) is 0.667. The molecule has 3 fully saturated rings. The summed E-state index contributed by atoms with van der Waals surface area (Å²) in [4.78, 5) is 54.7. The van der Waals surface area contributed by atoms with Crippen LogP contribution in [0.3, 0.4) is 0 Å². The van der Waals surface area contributed by atoms with Crippen molar-refractivity contribution in [3.63, 3.8) is 0 Å². The van der Waals surface area contributed by atoms with Crippen LogP contribution in [0.5, 0.6) is 5.75 Å². The summed E-state index contributed by atoms with van der Waals surface area (Å²) in [6, 6.07) is 6.57. The van der Waals surface area contributed by atoms with Crippen LogP contribution < -0.4 is 10.1 Å². The number of ether oxygens (including phenoxy) is 3. The van der Waals surface area contributed by atoms with Gasteiger partial charge in [-0.2, -0.15) is 0 Å². The second-order valence-corrected chi connectivity index (χ2v) is 11.6. The van der Waals surface area contributed by atoms with Crippen LogP contribution in [-0.4, -0.2) is 86.4 Å². The molecular weight excluding hydrogens is 500 g/mol. The lowest BCUT2D eigenvalue weighted by atomic mass is 9.84. The van der Waals surface area contributed by atoms with E-state index in [2.05, 4.69) is 5.32 Å². The van der Waals surface area contributed by atoms with Crippen molar-refractivity contribution in [2.24, 2.45) is 17.8 Å². The summed E-state index contributed by atoms with van der Waals surface area (Å²) in [7, 11) is 1.59. The highest BCUT2D eigenvalue weighted by Gasteiger charge is 2.50. The second-order valence-electron chi connectivity index (χ2n) is 11.6. The molecule has 9 heteroatoms. The van der Waals surface area contributed by atoms with Crippen LogP contribution in [0.15, 0.2) is 24.3 Å². The largest absolute Gasteiger partial charge is 0.497 e. The van der Waals surface area contributed by atoms with Crippen molar-refractivity contribution in [3.8, 4) is 5.75 Å². The fourth-order valence-corrected chi connectivity index (χ4v) is 5.17. The topological polar surface area (TPSA) is 115 Å². The molecule has 1 aromatic carbocycles. The van der Waals surface area contributed by atoms with E-state index in [1.54, 1.807) is 21.0 Å². The molecule has 0 radical (unpaired) electrons. The second kappa shape index (κ2) is 13.2. The van der Waals surface area contributed by atoms with Crippen LogP contribution in [-0.2, 0) is 35.1 Å². The molecule has 1 aliphatic carbocycles. The number of Topliss-reactive ketones (excluding diaryl/α,β-unsaturated/α-hetero) is 3. The zero-order valence-corrected chi connectivity index (χ0v) is 23.4. The summed E-state index contributed by atoms with van der Waals surface area (Å²) in [5.74, 6) is -0.349. The van der Waals surface area contributed by atoms with E-state index in [0.717, 1.165) is 18.4 Å². The molecule has 2 aliphatic heterocycles. The third kappa shape index (κ3) is 8.68. The Kier molecular flexibility index (Phi) is 9.91. The number of ketones is 3. The molecule has 4 atom stereocenters. The van der Waals surface area contributed by atoms with Gasteiger partial charge in [-0.05, 0) is 43.4 Å². The Morgan fingerprint density at radius 1 is 1.10 bits per heavy atom. The molecule has 4 rings (SSSR count). The SMILES string of the molecule is COc1ccc(CC(NC(=O)C(C)CC(=O)CN2CCOCC2)C(=O)CC(CC2CC2)C(=O)C2(C)CO2)cc1. The number of carbonyl (C=O) groups is 4. The molecule has 2 saturated heterocycles. The van der Waals surface area contributed by atoms with Gasteiger partial charge in [0.25, 0.3) is 0 Å². The van der Waals surface area contributed by atoms with Gasteiger partial charge in [0.1, 0.15) is 17.1 Å². The van der Waals surface area contributed by atoms with Gasteiger partial charge in [-0.25, -0.2) is 0 Å². The molecule has 0 bridgehead atoms. The number of epoxide rings is 1. The van der Waals surface area contributed by atoms with Gasteiger partial charge >= 0.3 is 0 Å². The smallest absolute Gasteiger partial charge is 0.223 e. The van der Waals surface area contributed by atoms with E-state index in [-0.39, 0.29) is 36.1 Å². The van der Waals surface area contributed by atoms with E-state index in [9.17, 15) is 19.2 Å². The first-order valence-electron chi connectivity index (χ1n) is 14.1. The van der Waals surface area contributed by atoms with Gasteiger partial charge in [0, 0.05) is 37.8 Å². The zero-order valence-electron chi connectivity index (χ0n) is 23.4. The standard InChI is InChI=1S/C30H42N2O7/c1-20(14-24(33)18-32-10-12-38-13-11-32)29(36)31-26(16-22-6-8-25(37-3)9-7-22)27(34)17-23(15-21-4-5-21)28(35)30(2)19-39-30/h6-9,20-21,23,26H,4-5,10-19H2,1-3H3,(H,31,36). The molecule has 1 saturated carbocycles. The summed E-state index contributed by atoms with van der Waals surface area (Å²) in [6.07, 6.45) is 3.31. The number of methoxy groups -OCH3 is 1. The molecule has 0 aromatic heterocycles. The molecule has 214 valence electrons. The zero-order chi connectivity index (χ0) is 28.0. The number of nitrogens with one attached hydrogen (secondary N) is 1. The number of nitrogens with zero attached hydrogens (tertiary/aromatic N) is 1. The first kappa shape index (κ1) is 29.4. The maximum Gasteiger partial charge on any atom is 0.223 e. The molecule has 2 heterocycles. The van der Waals surface area contributed by atoms with E-state index in [1.165, 1.54) is 0 Å². The number of morpholine rings is 1. The summed E-state index contributed by atoms with van der Waals surface area (Å²) >= 11 is 0. The normalized spacial score (nSPS) is 23.4. The van der Waals surface area contributed by atoms with Crippen LogP contribution in [0.25, 0.3) is 0 Å². The van der Waals surface area contributed by atoms with Crippen LogP contribution in [0.2, 0.25) is 0 Å². The van der Waals surface area contributed by atoms with Gasteiger partial charge in [0.05, 0.1) is 39.5 Å². The van der Waals surface area contributed by atoms with E-state index in [4.69, 9.17) is 14.2 Å². The number of benzene rings is 1. The maximum absolute atomic E-state index is 13.7. The summed E-state index contributed by atoms with van der Waals surface area (Å²) in [5, 5.41) is 2.92. The lowest BCUT2D eigenvalue weighted by Gasteiger charge is -2.26. The highest BCUT2D eigenvalue weighted by atomic mass is 16.6. The van der Waals surface area contributed by atoms with Crippen LogP contribution >= 0.6 is 0 Å². The Balaban J connectivity index is 1.41. The summed E-state index contributed by atoms with van der Waals surface area (Å²) in [6.45, 7) is 6.80. The molecule has 1 amide bonds. The number of hydrogen-bond acceptors (Lipinski definition) is 8. The molecule has 1 N–H and O–H groups in total. The van der Waals surface area contributed by atoms with Gasteiger partial charge in [0.15, 0.2) is 11.6 Å². The van der Waals surface area contributed by atoms with Crippen molar-refractivity contribution in [3.05, 3.63) is 29.8 Å². The average Bonchev–Trinajstić information content (AvgIpc) is 3.87. The van der Waals surface area contributed by atoms with E-state index >= 15 is 0 Å². The van der Waals surface area contributed by atoms with Crippen molar-refractivity contribution in [2.75, 3.05) is 46.6 Å². The minimum Gasteiger partial charge on any atom is -0.497 e. The maximum atomic E-state index is 13.7. The van der Waals surface area contributed by atoms with Crippen LogP contribution in [0.1, 0.15) is 51.5 Å². The van der Waals surface area contributed by atoms with E-state index < -0.39 is 23.5 Å². The Morgan fingerprint density at radius 2 is 1.77 bits per heavy atom. The molecule has 3 aliphatic rings. The molecule has 39 heavy (non-hydrogen) atoms. The van der Waals surface area contributed by atoms with Crippen molar-refractivity contribution in [1.82, 2.24) is 10.2 Å². The molecule has 0 spiro atoms. The highest BCUT2D eigenvalue weighted by molar-refractivity contribution is 5.97. The minimum absolute atomic E-state index is 0.00893. The molecule has 9 nitrogen and oxygen atoms in total. The minimum atomic E-state index is -0.801. The summed E-state index contributed by atoms with van der Waals surface area (Å²) < 4.78 is 16.0. The molecule has 4 unspecified atom stereocenters. The lowest BCUT2D eigenvalue weighted by Crippen LogP contribution is -2.46. The van der Waals surface area contributed by atoms with Gasteiger partial charge in [0.2, 0.25) is 5.91 Å². The quantitative estimate of drug-likeness (QED) is 0.317. The van der Waals surface area contributed by atoms with Gasteiger partial charge in [-0.15, -0.1) is 0 Å². The predicted octanol–water partition coefficient (Wildman–Crippen LogP) is 2.38. The highest BCUT2D eigenvalue weighted by Crippen LogP contribution is 2.40. The molecular formula is C30H42N2O7. The lowest BCUT2D eigenvalue weighted by molar-refractivity contribution is -0.134. The Labute approximate surface area is 230 Å².